The third-order valence-electron chi connectivity index (χ3n) is 2.01. The summed E-state index contributed by atoms with van der Waals surface area (Å²) in [5, 5.41) is 2.88. The molecule has 1 saturated carbocycles. The number of nitrogens with zero attached hydrogens (tertiary/aromatic N) is 1. The van der Waals surface area contributed by atoms with Crippen LogP contribution in [0.4, 0.5) is 0 Å². The number of carbonyl (C=O) groups excluding carboxylic acids is 1. The van der Waals surface area contributed by atoms with Gasteiger partial charge in [0.05, 0.1) is 6.04 Å². The lowest BCUT2D eigenvalue weighted by Gasteiger charge is -2.20. The van der Waals surface area contributed by atoms with Crippen LogP contribution < -0.4 is 0 Å². The normalized spacial score (nSPS) is 31.5. The van der Waals surface area contributed by atoms with E-state index in [4.69, 9.17) is 0 Å². The van der Waals surface area contributed by atoms with Crippen molar-refractivity contribution in [2.45, 2.75) is 25.3 Å². The highest BCUT2D eigenvalue weighted by molar-refractivity contribution is 5.80. The predicted molar refractivity (Wildman–Crippen MR) is 42.1 cm³/mol. The first kappa shape index (κ1) is 8.11. The van der Waals surface area contributed by atoms with E-state index in [1.807, 2.05) is 0 Å². The van der Waals surface area contributed by atoms with Crippen molar-refractivity contribution in [3.8, 4) is 0 Å². The highest BCUT2D eigenvalue weighted by atomic mass is 16.3. The van der Waals surface area contributed by atoms with Gasteiger partial charge < -0.3 is 0 Å². The van der Waals surface area contributed by atoms with E-state index in [1.165, 1.54) is 0 Å². The summed E-state index contributed by atoms with van der Waals surface area (Å²) < 4.78 is 0. The van der Waals surface area contributed by atoms with E-state index in [-0.39, 0.29) is 17.7 Å². The van der Waals surface area contributed by atoms with E-state index in [9.17, 15) is 9.70 Å². The van der Waals surface area contributed by atoms with Crippen molar-refractivity contribution in [3.63, 3.8) is 0 Å². The Balaban J connectivity index is 2.56. The zero-order chi connectivity index (χ0) is 8.27. The quantitative estimate of drug-likeness (QED) is 0.447. The summed E-state index contributed by atoms with van der Waals surface area (Å²) in [5.74, 6) is 0.296. The van der Waals surface area contributed by atoms with Crippen LogP contribution in [0.1, 0.15) is 19.3 Å². The zero-order valence-electron chi connectivity index (χ0n) is 6.32. The summed E-state index contributed by atoms with van der Waals surface area (Å²) >= 11 is 0. The molecular weight excluding hydrogens is 142 g/mol. The number of hydrogen-bond donors (Lipinski definition) is 0. The second kappa shape index (κ2) is 3.42. The number of Topliss-reactive ketones (excluding diaryl/α,β-unsaturated/α-hetero) is 1. The van der Waals surface area contributed by atoms with Crippen molar-refractivity contribution in [2.24, 2.45) is 11.1 Å². The Hall–Kier alpha value is -0.990. The lowest BCUT2D eigenvalue weighted by Crippen LogP contribution is -2.23. The minimum absolute atomic E-state index is 0.130. The Morgan fingerprint density at radius 2 is 2.27 bits per heavy atom. The van der Waals surface area contributed by atoms with E-state index in [0.29, 0.717) is 19.3 Å². The first-order valence-electron chi connectivity index (χ1n) is 3.73. The van der Waals surface area contributed by atoms with Gasteiger partial charge in [-0.1, -0.05) is 11.3 Å². The molecule has 3 nitrogen and oxygen atoms in total. The molecule has 1 rings (SSSR count). The van der Waals surface area contributed by atoms with Crippen molar-refractivity contribution in [1.29, 1.82) is 0 Å². The number of carbonyl (C=O) groups is 1. The maximum Gasteiger partial charge on any atom is 0.135 e. The van der Waals surface area contributed by atoms with Crippen LogP contribution in [-0.2, 0) is 4.79 Å². The summed E-state index contributed by atoms with van der Waals surface area (Å²) in [7, 11) is 0. The molecule has 2 unspecified atom stereocenters. The molecule has 0 bridgehead atoms. The Labute approximate surface area is 65.5 Å². The molecule has 0 aromatic carbocycles. The molecule has 0 aromatic rings. The number of hydrogen-bond acceptors (Lipinski definition) is 3. The molecule has 0 amide bonds. The highest BCUT2D eigenvalue weighted by Crippen LogP contribution is 2.24. The van der Waals surface area contributed by atoms with Crippen LogP contribution in [-0.4, -0.2) is 11.8 Å². The van der Waals surface area contributed by atoms with Gasteiger partial charge in [-0.3, -0.25) is 4.79 Å². The van der Waals surface area contributed by atoms with Crippen LogP contribution in [0.5, 0.6) is 0 Å². The molecule has 0 spiro atoms. The van der Waals surface area contributed by atoms with Gasteiger partial charge in [0.25, 0.3) is 0 Å². The number of ketones is 1. The summed E-state index contributed by atoms with van der Waals surface area (Å²) in [6.07, 6.45) is 3.29. The third kappa shape index (κ3) is 1.97. The van der Waals surface area contributed by atoms with Gasteiger partial charge in [-0.2, -0.15) is 4.91 Å². The topological polar surface area (TPSA) is 46.5 Å². The molecule has 1 fully saturated rings. The molecule has 0 N–H and O–H groups in total. The summed E-state index contributed by atoms with van der Waals surface area (Å²) in [5.41, 5.74) is 0. The van der Waals surface area contributed by atoms with Gasteiger partial charge in [-0.05, 0) is 12.3 Å². The van der Waals surface area contributed by atoms with Gasteiger partial charge in [0.2, 0.25) is 0 Å². The number of rotatable bonds is 2. The van der Waals surface area contributed by atoms with Crippen molar-refractivity contribution < 1.29 is 4.79 Å². The van der Waals surface area contributed by atoms with Crippen molar-refractivity contribution in [1.82, 2.24) is 0 Å². The van der Waals surface area contributed by atoms with Gasteiger partial charge in [0.15, 0.2) is 0 Å². The fraction of sp³-hybridized carbons (Fsp3) is 0.625. The van der Waals surface area contributed by atoms with E-state index >= 15 is 0 Å². The molecule has 1 aliphatic carbocycles. The van der Waals surface area contributed by atoms with E-state index < -0.39 is 0 Å². The largest absolute Gasteiger partial charge is 0.300 e. The Morgan fingerprint density at radius 3 is 2.82 bits per heavy atom. The van der Waals surface area contributed by atoms with E-state index in [0.717, 1.165) is 0 Å². The van der Waals surface area contributed by atoms with Gasteiger partial charge in [-0.25, -0.2) is 0 Å². The number of allylic oxidation sites excluding steroid dienone is 1. The van der Waals surface area contributed by atoms with Gasteiger partial charge >= 0.3 is 0 Å². The average Bonchev–Trinajstić information content (AvgIpc) is 2.03. The lowest BCUT2D eigenvalue weighted by molar-refractivity contribution is -0.121. The molecule has 0 aromatic heterocycles. The molecule has 0 heterocycles. The molecule has 60 valence electrons. The zero-order valence-corrected chi connectivity index (χ0v) is 6.32. The minimum atomic E-state index is -0.306. The fourth-order valence-corrected chi connectivity index (χ4v) is 1.41. The highest BCUT2D eigenvalue weighted by Gasteiger charge is 2.25. The van der Waals surface area contributed by atoms with Gasteiger partial charge in [0.1, 0.15) is 5.78 Å². The van der Waals surface area contributed by atoms with Gasteiger partial charge in [-0.15, -0.1) is 6.58 Å². The van der Waals surface area contributed by atoms with Crippen molar-refractivity contribution in [2.75, 3.05) is 0 Å². The second-order valence-corrected chi connectivity index (χ2v) is 2.94. The molecule has 0 saturated heterocycles. The van der Waals surface area contributed by atoms with Crippen LogP contribution in [0.25, 0.3) is 0 Å². The van der Waals surface area contributed by atoms with Crippen LogP contribution in [0.15, 0.2) is 17.8 Å². The standard InChI is InChI=1S/C8H11NO2/c1-2-6-3-7(9-11)5-8(10)4-6/h2,6-7H,1,3-5H2. The Kier molecular flexibility index (Phi) is 2.52. The van der Waals surface area contributed by atoms with Crippen LogP contribution in [0.3, 0.4) is 0 Å². The first-order chi connectivity index (χ1) is 5.26. The fourth-order valence-electron chi connectivity index (χ4n) is 1.41. The first-order valence-corrected chi connectivity index (χ1v) is 3.73. The van der Waals surface area contributed by atoms with Crippen LogP contribution in [0, 0.1) is 10.8 Å². The van der Waals surface area contributed by atoms with E-state index in [2.05, 4.69) is 11.8 Å². The van der Waals surface area contributed by atoms with Crippen LogP contribution >= 0.6 is 0 Å². The molecule has 2 atom stereocenters. The summed E-state index contributed by atoms with van der Waals surface area (Å²) in [6, 6.07) is -0.306. The molecule has 1 aliphatic rings. The lowest BCUT2D eigenvalue weighted by atomic mass is 9.85. The smallest absolute Gasteiger partial charge is 0.135 e. The third-order valence-corrected chi connectivity index (χ3v) is 2.01. The van der Waals surface area contributed by atoms with Gasteiger partial charge in [0, 0.05) is 12.8 Å². The molecule has 0 radical (unpaired) electrons. The molecule has 3 heteroatoms. The summed E-state index contributed by atoms with van der Waals surface area (Å²) in [4.78, 5) is 21.1. The second-order valence-electron chi connectivity index (χ2n) is 2.94. The van der Waals surface area contributed by atoms with E-state index in [1.54, 1.807) is 6.08 Å². The molecular formula is C8H11NO2. The van der Waals surface area contributed by atoms with Crippen LogP contribution in [0.2, 0.25) is 0 Å². The molecule has 11 heavy (non-hydrogen) atoms. The Morgan fingerprint density at radius 1 is 1.55 bits per heavy atom. The van der Waals surface area contributed by atoms with Crippen molar-refractivity contribution >= 4 is 5.78 Å². The van der Waals surface area contributed by atoms with Crippen molar-refractivity contribution in [3.05, 3.63) is 17.6 Å². The SMILES string of the molecule is C=CC1CC(=O)CC(N=O)C1. The molecule has 0 aliphatic heterocycles. The Bertz CT molecular complexity index is 171. The number of nitroso groups, excluding NO2 is 1. The average molecular weight is 153 g/mol. The minimum Gasteiger partial charge on any atom is -0.300 e. The maximum atomic E-state index is 11.0. The monoisotopic (exact) mass is 153 g/mol. The predicted octanol–water partition coefficient (Wildman–Crippen LogP) is 1.68. The summed E-state index contributed by atoms with van der Waals surface area (Å²) in [6.45, 7) is 3.59. The maximum absolute atomic E-state index is 11.0.